The SMILES string of the molecule is O=C(CSc1nnc(Cc2cccc3ccccc23)n1-c1ccccc1)Nc1ccc2nc(SCc3ccc(Br)cc3)sc2c1. The Hall–Kier alpha value is -3.96. The number of rotatable bonds is 10. The molecule has 0 fully saturated rings. The van der Waals surface area contributed by atoms with E-state index < -0.39 is 0 Å². The minimum absolute atomic E-state index is 0.105. The van der Waals surface area contributed by atoms with Crippen LogP contribution in [0, 0.1) is 0 Å². The zero-order valence-corrected chi connectivity index (χ0v) is 27.9. The zero-order chi connectivity index (χ0) is 30.6. The van der Waals surface area contributed by atoms with Crippen molar-refractivity contribution in [2.24, 2.45) is 0 Å². The van der Waals surface area contributed by atoms with E-state index in [2.05, 4.69) is 103 Å². The molecule has 0 aliphatic carbocycles. The van der Waals surface area contributed by atoms with Crippen LogP contribution in [0.4, 0.5) is 5.69 Å². The largest absolute Gasteiger partial charge is 0.325 e. The van der Waals surface area contributed by atoms with Gasteiger partial charge in [0.2, 0.25) is 5.91 Å². The first kappa shape index (κ1) is 29.7. The fourth-order valence-corrected chi connectivity index (χ4v) is 8.16. The molecule has 45 heavy (non-hydrogen) atoms. The number of aromatic nitrogens is 4. The van der Waals surface area contributed by atoms with Gasteiger partial charge < -0.3 is 5.32 Å². The number of thiazole rings is 1. The van der Waals surface area contributed by atoms with Crippen LogP contribution < -0.4 is 5.32 Å². The summed E-state index contributed by atoms with van der Waals surface area (Å²) in [5.41, 5.74) is 5.07. The van der Waals surface area contributed by atoms with E-state index in [0.717, 1.165) is 42.0 Å². The Morgan fingerprint density at radius 1 is 0.844 bits per heavy atom. The molecule has 0 unspecified atom stereocenters. The van der Waals surface area contributed by atoms with Crippen LogP contribution in [0.15, 0.2) is 129 Å². The van der Waals surface area contributed by atoms with Gasteiger partial charge in [0, 0.05) is 28.0 Å². The van der Waals surface area contributed by atoms with Crippen LogP contribution in [0.5, 0.6) is 0 Å². The normalized spacial score (nSPS) is 11.3. The lowest BCUT2D eigenvalue weighted by Crippen LogP contribution is -2.14. The summed E-state index contributed by atoms with van der Waals surface area (Å²) in [6, 6.07) is 39.0. The summed E-state index contributed by atoms with van der Waals surface area (Å²) in [7, 11) is 0. The topological polar surface area (TPSA) is 72.7 Å². The molecule has 222 valence electrons. The van der Waals surface area contributed by atoms with Crippen molar-refractivity contribution in [1.82, 2.24) is 19.7 Å². The summed E-state index contributed by atoms with van der Waals surface area (Å²) in [5.74, 6) is 1.77. The van der Waals surface area contributed by atoms with Gasteiger partial charge in [-0.1, -0.05) is 112 Å². The van der Waals surface area contributed by atoms with Crippen LogP contribution in [0.25, 0.3) is 26.7 Å². The molecule has 10 heteroatoms. The molecule has 0 bridgehead atoms. The fourth-order valence-electron chi connectivity index (χ4n) is 5.06. The van der Waals surface area contributed by atoms with Crippen LogP contribution in [0.3, 0.4) is 0 Å². The average molecular weight is 709 g/mol. The van der Waals surface area contributed by atoms with Gasteiger partial charge in [-0.05, 0) is 64.4 Å². The third-order valence-electron chi connectivity index (χ3n) is 7.20. The standard InChI is InChI=1S/C35H26BrN5OS3/c36-26-15-13-23(14-16-26)21-44-35-38-30-18-17-27(20-31(30)45-35)37-33(42)22-43-34-40-39-32(41(34)28-10-2-1-3-11-28)19-25-9-6-8-24-7-4-5-12-29(24)25/h1-18,20H,19,21-22H2,(H,37,42). The number of nitrogens with zero attached hydrogens (tertiary/aromatic N) is 4. The van der Waals surface area contributed by atoms with Crippen molar-refractivity contribution < 1.29 is 4.79 Å². The Kier molecular flexibility index (Phi) is 8.97. The predicted molar refractivity (Wildman–Crippen MR) is 191 cm³/mol. The third kappa shape index (κ3) is 6.99. The number of halogens is 1. The first-order valence-corrected chi connectivity index (χ1v) is 17.8. The molecular formula is C35H26BrN5OS3. The molecule has 2 aromatic heterocycles. The Bertz CT molecular complexity index is 2110. The summed E-state index contributed by atoms with van der Waals surface area (Å²) in [4.78, 5) is 17.9. The van der Waals surface area contributed by atoms with Crippen molar-refractivity contribution in [2.45, 2.75) is 21.7 Å². The lowest BCUT2D eigenvalue weighted by atomic mass is 10.0. The van der Waals surface area contributed by atoms with Gasteiger partial charge in [0.05, 0.1) is 16.0 Å². The second kappa shape index (κ2) is 13.6. The molecule has 0 spiro atoms. The molecule has 0 saturated heterocycles. The van der Waals surface area contributed by atoms with Crippen LogP contribution in [0.2, 0.25) is 0 Å². The molecule has 0 aliphatic rings. The van der Waals surface area contributed by atoms with Gasteiger partial charge in [0.15, 0.2) is 9.50 Å². The van der Waals surface area contributed by atoms with Crippen LogP contribution in [-0.2, 0) is 17.0 Å². The zero-order valence-electron chi connectivity index (χ0n) is 23.9. The van der Waals surface area contributed by atoms with E-state index in [4.69, 9.17) is 4.98 Å². The maximum absolute atomic E-state index is 13.1. The van der Waals surface area contributed by atoms with Crippen LogP contribution in [0.1, 0.15) is 17.0 Å². The Morgan fingerprint density at radius 2 is 1.64 bits per heavy atom. The fraction of sp³-hybridized carbons (Fsp3) is 0.0857. The molecule has 1 amide bonds. The van der Waals surface area contributed by atoms with Crippen molar-refractivity contribution >= 4 is 83.4 Å². The second-order valence-corrected chi connectivity index (χ2v) is 14.4. The average Bonchev–Trinajstić information content (AvgIpc) is 3.67. The molecule has 6 nitrogen and oxygen atoms in total. The van der Waals surface area contributed by atoms with Crippen LogP contribution in [-0.4, -0.2) is 31.4 Å². The maximum atomic E-state index is 13.1. The van der Waals surface area contributed by atoms with E-state index >= 15 is 0 Å². The van der Waals surface area contributed by atoms with E-state index in [0.29, 0.717) is 11.6 Å². The number of carbonyl (C=O) groups is 1. The highest BCUT2D eigenvalue weighted by molar-refractivity contribution is 9.10. The van der Waals surface area contributed by atoms with E-state index in [-0.39, 0.29) is 11.7 Å². The molecular weight excluding hydrogens is 683 g/mol. The minimum Gasteiger partial charge on any atom is -0.325 e. The molecule has 0 radical (unpaired) electrons. The summed E-state index contributed by atoms with van der Waals surface area (Å²) in [5, 5.41) is 15.2. The molecule has 7 rings (SSSR count). The first-order valence-electron chi connectivity index (χ1n) is 14.3. The van der Waals surface area contributed by atoms with E-state index in [1.54, 1.807) is 23.1 Å². The number of hydrogen-bond acceptors (Lipinski definition) is 7. The van der Waals surface area contributed by atoms with Gasteiger partial charge in [0.25, 0.3) is 0 Å². The summed E-state index contributed by atoms with van der Waals surface area (Å²) >= 11 is 8.22. The van der Waals surface area contributed by atoms with Crippen molar-refractivity contribution in [1.29, 1.82) is 0 Å². The van der Waals surface area contributed by atoms with Crippen molar-refractivity contribution in [2.75, 3.05) is 11.1 Å². The lowest BCUT2D eigenvalue weighted by Gasteiger charge is -2.11. The molecule has 7 aromatic rings. The van der Waals surface area contributed by atoms with Gasteiger partial charge in [-0.15, -0.1) is 21.5 Å². The van der Waals surface area contributed by atoms with Crippen LogP contribution >= 0.6 is 50.8 Å². The quantitative estimate of drug-likeness (QED) is 0.143. The highest BCUT2D eigenvalue weighted by atomic mass is 79.9. The van der Waals surface area contributed by atoms with Gasteiger partial charge in [-0.3, -0.25) is 9.36 Å². The number of benzene rings is 5. The number of para-hydroxylation sites is 1. The van der Waals surface area contributed by atoms with Gasteiger partial charge in [-0.2, -0.15) is 0 Å². The van der Waals surface area contributed by atoms with Crippen molar-refractivity contribution in [3.8, 4) is 5.69 Å². The molecule has 0 saturated carbocycles. The van der Waals surface area contributed by atoms with E-state index in [1.165, 1.54) is 33.7 Å². The van der Waals surface area contributed by atoms with Crippen molar-refractivity contribution in [3.05, 3.63) is 137 Å². The van der Waals surface area contributed by atoms with Crippen molar-refractivity contribution in [3.63, 3.8) is 0 Å². The second-order valence-electron chi connectivity index (χ2n) is 10.3. The van der Waals surface area contributed by atoms with Gasteiger partial charge in [-0.25, -0.2) is 4.98 Å². The Morgan fingerprint density at radius 3 is 2.51 bits per heavy atom. The summed E-state index contributed by atoms with van der Waals surface area (Å²) < 4.78 is 5.17. The smallest absolute Gasteiger partial charge is 0.234 e. The minimum atomic E-state index is -0.105. The maximum Gasteiger partial charge on any atom is 0.234 e. The monoisotopic (exact) mass is 707 g/mol. The summed E-state index contributed by atoms with van der Waals surface area (Å²) in [6.07, 6.45) is 0.619. The van der Waals surface area contributed by atoms with E-state index in [9.17, 15) is 4.79 Å². The number of hydrogen-bond donors (Lipinski definition) is 1. The molecule has 1 N–H and O–H groups in total. The molecule has 0 atom stereocenters. The highest BCUT2D eigenvalue weighted by Gasteiger charge is 2.17. The van der Waals surface area contributed by atoms with E-state index in [1.807, 2.05) is 48.5 Å². The van der Waals surface area contributed by atoms with Gasteiger partial charge in [0.1, 0.15) is 5.82 Å². The predicted octanol–water partition coefficient (Wildman–Crippen LogP) is 9.41. The Labute approximate surface area is 281 Å². The highest BCUT2D eigenvalue weighted by Crippen LogP contribution is 2.33. The molecule has 2 heterocycles. The number of nitrogens with one attached hydrogen (secondary N) is 1. The van der Waals surface area contributed by atoms with Gasteiger partial charge >= 0.3 is 0 Å². The number of anilines is 1. The number of carbonyl (C=O) groups excluding carboxylic acids is 1. The third-order valence-corrected chi connectivity index (χ3v) is 10.9. The lowest BCUT2D eigenvalue weighted by molar-refractivity contribution is -0.113. The molecule has 0 aliphatic heterocycles. The number of fused-ring (bicyclic) bond motifs is 2. The Balaban J connectivity index is 1.04. The molecule has 5 aromatic carbocycles. The summed E-state index contributed by atoms with van der Waals surface area (Å²) in [6.45, 7) is 0. The number of amides is 1. The number of thioether (sulfide) groups is 2. The first-order chi connectivity index (χ1) is 22.1.